The molecule has 1 aliphatic carbocycles. The molecule has 2 aliphatic heterocycles. The van der Waals surface area contributed by atoms with Crippen LogP contribution < -0.4 is 14.2 Å². The number of likely N-dealkylation sites (tertiary alicyclic amines) is 1. The molecule has 3 heterocycles. The maximum atomic E-state index is 6.18. The Hall–Kier alpha value is -3.20. The quantitative estimate of drug-likeness (QED) is 0.526. The van der Waals surface area contributed by atoms with Crippen molar-refractivity contribution in [3.63, 3.8) is 0 Å². The summed E-state index contributed by atoms with van der Waals surface area (Å²) in [6, 6.07) is 9.92. The van der Waals surface area contributed by atoms with Crippen LogP contribution in [0.5, 0.6) is 23.1 Å². The number of hydrogen-bond acceptors (Lipinski definition) is 8. The van der Waals surface area contributed by atoms with Crippen LogP contribution in [0.2, 0.25) is 0 Å². The highest BCUT2D eigenvalue weighted by Gasteiger charge is 2.38. The topological polar surface area (TPSA) is 75.2 Å². The van der Waals surface area contributed by atoms with Gasteiger partial charge >= 0.3 is 0 Å². The maximum Gasteiger partial charge on any atom is 0.230 e. The minimum atomic E-state index is 0.177. The zero-order valence-corrected chi connectivity index (χ0v) is 19.3. The third-order valence-corrected chi connectivity index (χ3v) is 6.75. The fraction of sp³-hybridized carbons (Fsp3) is 0.385. The summed E-state index contributed by atoms with van der Waals surface area (Å²) in [6.07, 6.45) is 5.07. The van der Waals surface area contributed by atoms with Gasteiger partial charge in [0.25, 0.3) is 0 Å². The van der Waals surface area contributed by atoms with Crippen LogP contribution in [0.15, 0.2) is 42.7 Å². The molecule has 3 aliphatic rings. The Kier molecular flexibility index (Phi) is 5.57. The summed E-state index contributed by atoms with van der Waals surface area (Å²) in [7, 11) is 1.63. The van der Waals surface area contributed by atoms with Crippen molar-refractivity contribution in [2.45, 2.75) is 25.6 Å². The molecule has 0 radical (unpaired) electrons. The van der Waals surface area contributed by atoms with Crippen LogP contribution in [0.4, 0.5) is 0 Å². The molecule has 6 rings (SSSR count). The van der Waals surface area contributed by atoms with Gasteiger partial charge in [-0.2, -0.15) is 0 Å². The normalized spacial score (nSPS) is 21.4. The number of hydrogen-bond donors (Lipinski definition) is 0. The van der Waals surface area contributed by atoms with Gasteiger partial charge in [0.15, 0.2) is 11.5 Å². The predicted molar refractivity (Wildman–Crippen MR) is 127 cm³/mol. The molecule has 0 saturated carbocycles. The number of benzene rings is 2. The molecule has 2 aromatic carbocycles. The van der Waals surface area contributed by atoms with Crippen molar-refractivity contribution in [3.05, 3.63) is 53.9 Å². The number of fused-ring (bicyclic) bond motifs is 3. The van der Waals surface area contributed by atoms with E-state index in [9.17, 15) is 0 Å². The second-order valence-electron chi connectivity index (χ2n) is 8.85. The first-order valence-electron chi connectivity index (χ1n) is 11.6. The SMILES string of the molecule is COc1cc2c(Oc3ccc4c(c3)C(C)=CC4)ncnc2cc1OCCN1CC2OCOC2C1. The van der Waals surface area contributed by atoms with E-state index in [1.165, 1.54) is 23.0 Å². The van der Waals surface area contributed by atoms with Crippen LogP contribution >= 0.6 is 0 Å². The largest absolute Gasteiger partial charge is 0.493 e. The average Bonchev–Trinajstić information content (AvgIpc) is 3.54. The molecular formula is C26H27N3O5. The number of aromatic nitrogens is 2. The molecule has 8 heteroatoms. The molecular weight excluding hydrogens is 434 g/mol. The van der Waals surface area contributed by atoms with Gasteiger partial charge in [-0.3, -0.25) is 4.90 Å². The summed E-state index contributed by atoms with van der Waals surface area (Å²) >= 11 is 0. The Bertz CT molecular complexity index is 1250. The fourth-order valence-corrected chi connectivity index (χ4v) is 4.86. The molecule has 2 atom stereocenters. The van der Waals surface area contributed by atoms with Crippen LogP contribution in [0, 0.1) is 0 Å². The van der Waals surface area contributed by atoms with E-state index in [0.29, 0.717) is 30.8 Å². The van der Waals surface area contributed by atoms with Crippen LogP contribution in [0.1, 0.15) is 18.1 Å². The minimum absolute atomic E-state index is 0.177. The Morgan fingerprint density at radius 1 is 1.06 bits per heavy atom. The number of ether oxygens (including phenoxy) is 5. The van der Waals surface area contributed by atoms with Gasteiger partial charge in [0, 0.05) is 25.7 Å². The van der Waals surface area contributed by atoms with Gasteiger partial charge in [0.05, 0.1) is 18.0 Å². The van der Waals surface area contributed by atoms with Crippen molar-refractivity contribution in [1.29, 1.82) is 0 Å². The molecule has 0 bridgehead atoms. The third kappa shape index (κ3) is 3.98. The van der Waals surface area contributed by atoms with E-state index in [1.807, 2.05) is 18.2 Å². The van der Waals surface area contributed by atoms with E-state index in [2.05, 4.69) is 40.0 Å². The second kappa shape index (κ2) is 8.87. The monoisotopic (exact) mass is 461 g/mol. The molecule has 1 aromatic heterocycles. The average molecular weight is 462 g/mol. The highest BCUT2D eigenvalue weighted by molar-refractivity contribution is 5.87. The molecule has 0 amide bonds. The van der Waals surface area contributed by atoms with E-state index in [0.717, 1.165) is 42.7 Å². The van der Waals surface area contributed by atoms with Crippen molar-refractivity contribution >= 4 is 16.5 Å². The first-order valence-corrected chi connectivity index (χ1v) is 11.6. The standard InChI is InChI=1S/C26H27N3O5/c1-16-3-4-17-5-6-18(9-19(16)17)34-26-20-10-22(30-2)23(11-21(20)27-14-28-26)31-8-7-29-12-24-25(13-29)33-15-32-24/h3,5-6,9-11,14,24-25H,4,7-8,12-13,15H2,1-2H3. The van der Waals surface area contributed by atoms with Crippen molar-refractivity contribution in [2.24, 2.45) is 0 Å². The molecule has 2 fully saturated rings. The van der Waals surface area contributed by atoms with Crippen LogP contribution in [-0.2, 0) is 15.9 Å². The summed E-state index contributed by atoms with van der Waals surface area (Å²) in [5.41, 5.74) is 4.55. The van der Waals surface area contributed by atoms with Crippen molar-refractivity contribution in [2.75, 3.05) is 40.1 Å². The Balaban J connectivity index is 1.19. The number of rotatable bonds is 7. The van der Waals surface area contributed by atoms with Gasteiger partial charge < -0.3 is 23.7 Å². The molecule has 34 heavy (non-hydrogen) atoms. The highest BCUT2D eigenvalue weighted by Crippen LogP contribution is 2.37. The summed E-state index contributed by atoms with van der Waals surface area (Å²) in [6.45, 7) is 5.58. The Morgan fingerprint density at radius 2 is 1.91 bits per heavy atom. The van der Waals surface area contributed by atoms with Gasteiger partial charge in [0.2, 0.25) is 5.88 Å². The Morgan fingerprint density at radius 3 is 2.74 bits per heavy atom. The lowest BCUT2D eigenvalue weighted by molar-refractivity contribution is 0.0140. The summed E-state index contributed by atoms with van der Waals surface area (Å²) in [5, 5.41) is 0.765. The van der Waals surface area contributed by atoms with Crippen LogP contribution in [0.25, 0.3) is 16.5 Å². The predicted octanol–water partition coefficient (Wildman–Crippen LogP) is 3.83. The van der Waals surface area contributed by atoms with E-state index < -0.39 is 0 Å². The number of nitrogens with zero attached hydrogens (tertiary/aromatic N) is 3. The number of methoxy groups -OCH3 is 1. The fourth-order valence-electron chi connectivity index (χ4n) is 4.86. The molecule has 176 valence electrons. The van der Waals surface area contributed by atoms with E-state index in [-0.39, 0.29) is 12.2 Å². The summed E-state index contributed by atoms with van der Waals surface area (Å²) in [4.78, 5) is 11.1. The molecule has 0 N–H and O–H groups in total. The van der Waals surface area contributed by atoms with E-state index >= 15 is 0 Å². The second-order valence-corrected chi connectivity index (χ2v) is 8.85. The van der Waals surface area contributed by atoms with Gasteiger partial charge in [-0.1, -0.05) is 12.1 Å². The smallest absolute Gasteiger partial charge is 0.230 e. The lowest BCUT2D eigenvalue weighted by atomic mass is 10.1. The lowest BCUT2D eigenvalue weighted by Crippen LogP contribution is -2.28. The molecule has 3 aromatic rings. The van der Waals surface area contributed by atoms with Crippen LogP contribution in [0.3, 0.4) is 0 Å². The molecule has 2 unspecified atom stereocenters. The minimum Gasteiger partial charge on any atom is -0.493 e. The van der Waals surface area contributed by atoms with Gasteiger partial charge in [-0.25, -0.2) is 9.97 Å². The maximum absolute atomic E-state index is 6.18. The number of allylic oxidation sites excluding steroid dienone is 2. The van der Waals surface area contributed by atoms with Crippen molar-refractivity contribution in [3.8, 4) is 23.1 Å². The third-order valence-electron chi connectivity index (χ3n) is 6.75. The first-order chi connectivity index (χ1) is 16.7. The van der Waals surface area contributed by atoms with Gasteiger partial charge in [0.1, 0.15) is 37.7 Å². The zero-order chi connectivity index (χ0) is 23.1. The zero-order valence-electron chi connectivity index (χ0n) is 19.3. The highest BCUT2D eigenvalue weighted by atomic mass is 16.7. The molecule has 0 spiro atoms. The first kappa shape index (κ1) is 21.3. The molecule has 8 nitrogen and oxygen atoms in total. The van der Waals surface area contributed by atoms with E-state index in [4.69, 9.17) is 23.7 Å². The molecule has 2 saturated heterocycles. The van der Waals surface area contributed by atoms with Crippen molar-refractivity contribution < 1.29 is 23.7 Å². The van der Waals surface area contributed by atoms with Gasteiger partial charge in [-0.15, -0.1) is 0 Å². The van der Waals surface area contributed by atoms with Crippen LogP contribution in [-0.4, -0.2) is 67.2 Å². The van der Waals surface area contributed by atoms with E-state index in [1.54, 1.807) is 7.11 Å². The lowest BCUT2D eigenvalue weighted by Gasteiger charge is -2.18. The van der Waals surface area contributed by atoms with Crippen molar-refractivity contribution in [1.82, 2.24) is 14.9 Å². The summed E-state index contributed by atoms with van der Waals surface area (Å²) in [5.74, 6) is 2.49. The summed E-state index contributed by atoms with van der Waals surface area (Å²) < 4.78 is 29.1. The Labute approximate surface area is 198 Å². The van der Waals surface area contributed by atoms with Gasteiger partial charge in [-0.05, 0) is 48.2 Å².